The molecule has 1 rings (SSSR count). The fourth-order valence-electron chi connectivity index (χ4n) is 1.84. The van der Waals surface area contributed by atoms with Gasteiger partial charge in [0.1, 0.15) is 0 Å². The summed E-state index contributed by atoms with van der Waals surface area (Å²) >= 11 is 0. The number of rotatable bonds is 10. The molecular weight excluding hydrogens is 214 g/mol. The summed E-state index contributed by atoms with van der Waals surface area (Å²) in [5.74, 6) is 0.178. The Kier molecular flexibility index (Phi) is 7.21. The maximum absolute atomic E-state index is 11.5. The zero-order chi connectivity index (χ0) is 12.5. The van der Waals surface area contributed by atoms with Crippen LogP contribution in [0.5, 0.6) is 0 Å². The first-order valence-electron chi connectivity index (χ1n) is 6.98. The molecule has 0 aromatic carbocycles. The molecule has 100 valence electrons. The van der Waals surface area contributed by atoms with Crippen LogP contribution in [0.3, 0.4) is 0 Å². The summed E-state index contributed by atoms with van der Waals surface area (Å²) in [7, 11) is 0. The third-order valence-electron chi connectivity index (χ3n) is 3.23. The molecule has 0 radical (unpaired) electrons. The van der Waals surface area contributed by atoms with Crippen LogP contribution < -0.4 is 10.6 Å². The highest BCUT2D eigenvalue weighted by Gasteiger charge is 2.19. The minimum atomic E-state index is 0.178. The van der Waals surface area contributed by atoms with E-state index in [0.717, 1.165) is 39.1 Å². The van der Waals surface area contributed by atoms with Gasteiger partial charge in [-0.15, -0.1) is 0 Å². The van der Waals surface area contributed by atoms with Gasteiger partial charge in [-0.1, -0.05) is 13.8 Å². The van der Waals surface area contributed by atoms with E-state index in [4.69, 9.17) is 0 Å². The van der Waals surface area contributed by atoms with Gasteiger partial charge in [0.2, 0.25) is 5.91 Å². The molecule has 0 aromatic heterocycles. The lowest BCUT2D eigenvalue weighted by Crippen LogP contribution is -2.31. The molecule has 1 fully saturated rings. The van der Waals surface area contributed by atoms with Gasteiger partial charge in [-0.25, -0.2) is 0 Å². The van der Waals surface area contributed by atoms with Crippen molar-refractivity contribution in [3.05, 3.63) is 0 Å². The molecule has 2 N–H and O–H groups in total. The number of hydrogen-bond donors (Lipinski definition) is 2. The molecule has 1 aliphatic rings. The first-order valence-corrected chi connectivity index (χ1v) is 6.98. The predicted molar refractivity (Wildman–Crippen MR) is 71.1 cm³/mol. The summed E-state index contributed by atoms with van der Waals surface area (Å²) in [5, 5.41) is 6.32. The molecule has 4 heteroatoms. The van der Waals surface area contributed by atoms with Gasteiger partial charge in [-0.2, -0.15) is 0 Å². The monoisotopic (exact) mass is 241 g/mol. The number of nitrogens with one attached hydrogen (secondary N) is 2. The van der Waals surface area contributed by atoms with Gasteiger partial charge in [-0.3, -0.25) is 4.79 Å². The number of carbonyl (C=O) groups excluding carboxylic acids is 1. The minimum Gasteiger partial charge on any atom is -0.356 e. The van der Waals surface area contributed by atoms with Crippen molar-refractivity contribution in [1.82, 2.24) is 15.5 Å². The summed E-state index contributed by atoms with van der Waals surface area (Å²) in [4.78, 5) is 13.8. The summed E-state index contributed by atoms with van der Waals surface area (Å²) in [6.45, 7) is 9.24. The second-order valence-electron chi connectivity index (χ2n) is 4.71. The molecule has 0 aliphatic heterocycles. The van der Waals surface area contributed by atoms with Crippen molar-refractivity contribution in [2.45, 2.75) is 45.6 Å². The molecule has 0 atom stereocenters. The highest BCUT2D eigenvalue weighted by atomic mass is 16.1. The van der Waals surface area contributed by atoms with Gasteiger partial charge in [0, 0.05) is 25.6 Å². The number of amides is 1. The smallest absolute Gasteiger partial charge is 0.221 e. The molecule has 1 aliphatic carbocycles. The maximum Gasteiger partial charge on any atom is 0.221 e. The summed E-state index contributed by atoms with van der Waals surface area (Å²) in [6.07, 6.45) is 4.22. The summed E-state index contributed by atoms with van der Waals surface area (Å²) in [6, 6.07) is 0.700. The van der Waals surface area contributed by atoms with E-state index in [1.165, 1.54) is 12.8 Å². The van der Waals surface area contributed by atoms with Crippen molar-refractivity contribution in [3.63, 3.8) is 0 Å². The van der Waals surface area contributed by atoms with Crippen molar-refractivity contribution in [2.24, 2.45) is 0 Å². The number of carbonyl (C=O) groups is 1. The van der Waals surface area contributed by atoms with Gasteiger partial charge in [0.05, 0.1) is 0 Å². The fraction of sp³-hybridized carbons (Fsp3) is 0.923. The molecule has 0 spiro atoms. The van der Waals surface area contributed by atoms with Crippen LogP contribution in [0.15, 0.2) is 0 Å². The maximum atomic E-state index is 11.5. The predicted octanol–water partition coefficient (Wildman–Crippen LogP) is 0.977. The molecule has 0 unspecified atom stereocenters. The normalized spacial score (nSPS) is 15.2. The average Bonchev–Trinajstić information content (AvgIpc) is 3.13. The van der Waals surface area contributed by atoms with Gasteiger partial charge in [0.25, 0.3) is 0 Å². The van der Waals surface area contributed by atoms with Gasteiger partial charge in [-0.05, 0) is 38.9 Å². The van der Waals surface area contributed by atoms with Crippen molar-refractivity contribution >= 4 is 5.91 Å². The van der Waals surface area contributed by atoms with Crippen LogP contribution in [-0.2, 0) is 4.79 Å². The molecular formula is C13H27N3O. The van der Waals surface area contributed by atoms with Crippen LogP contribution in [0.1, 0.15) is 39.5 Å². The lowest BCUT2D eigenvalue weighted by molar-refractivity contribution is -0.121. The van der Waals surface area contributed by atoms with E-state index in [-0.39, 0.29) is 5.91 Å². The fourth-order valence-corrected chi connectivity index (χ4v) is 1.84. The first-order chi connectivity index (χ1) is 8.26. The van der Waals surface area contributed by atoms with Gasteiger partial charge >= 0.3 is 0 Å². The van der Waals surface area contributed by atoms with Gasteiger partial charge < -0.3 is 15.5 Å². The van der Waals surface area contributed by atoms with Crippen LogP contribution in [0.4, 0.5) is 0 Å². The largest absolute Gasteiger partial charge is 0.356 e. The van der Waals surface area contributed by atoms with E-state index >= 15 is 0 Å². The van der Waals surface area contributed by atoms with Crippen molar-refractivity contribution in [2.75, 3.05) is 32.7 Å². The number of hydrogen-bond acceptors (Lipinski definition) is 3. The van der Waals surface area contributed by atoms with Crippen molar-refractivity contribution in [1.29, 1.82) is 0 Å². The van der Waals surface area contributed by atoms with E-state index in [2.05, 4.69) is 29.4 Å². The summed E-state index contributed by atoms with van der Waals surface area (Å²) < 4.78 is 0. The van der Waals surface area contributed by atoms with Crippen LogP contribution in [0, 0.1) is 0 Å². The van der Waals surface area contributed by atoms with E-state index in [1.54, 1.807) is 0 Å². The standard InChI is InChI=1S/C13H27N3O/c1-3-16(4-2)11-5-9-15-13(17)8-10-14-12-6-7-12/h12,14H,3-11H2,1-2H3,(H,15,17). The molecule has 4 nitrogen and oxygen atoms in total. The van der Waals surface area contributed by atoms with Crippen molar-refractivity contribution < 1.29 is 4.79 Å². The van der Waals surface area contributed by atoms with E-state index in [1.807, 2.05) is 0 Å². The highest BCUT2D eigenvalue weighted by Crippen LogP contribution is 2.18. The highest BCUT2D eigenvalue weighted by molar-refractivity contribution is 5.75. The Morgan fingerprint density at radius 3 is 2.53 bits per heavy atom. The topological polar surface area (TPSA) is 44.4 Å². The molecule has 0 saturated heterocycles. The van der Waals surface area contributed by atoms with E-state index < -0.39 is 0 Å². The SMILES string of the molecule is CCN(CC)CCCNC(=O)CCNC1CC1. The molecule has 0 bridgehead atoms. The average molecular weight is 241 g/mol. The lowest BCUT2D eigenvalue weighted by atomic mass is 10.3. The van der Waals surface area contributed by atoms with Crippen molar-refractivity contribution in [3.8, 4) is 0 Å². The Labute approximate surface area is 105 Å². The third kappa shape index (κ3) is 7.34. The molecule has 1 amide bonds. The van der Waals surface area contributed by atoms with Crippen LogP contribution >= 0.6 is 0 Å². The molecule has 1 saturated carbocycles. The Hall–Kier alpha value is -0.610. The van der Waals surface area contributed by atoms with Crippen LogP contribution in [-0.4, -0.2) is 49.6 Å². The van der Waals surface area contributed by atoms with E-state index in [0.29, 0.717) is 12.5 Å². The molecule has 17 heavy (non-hydrogen) atoms. The molecule has 0 heterocycles. The first kappa shape index (κ1) is 14.5. The Bertz CT molecular complexity index is 213. The minimum absolute atomic E-state index is 0.178. The zero-order valence-corrected chi connectivity index (χ0v) is 11.3. The van der Waals surface area contributed by atoms with Gasteiger partial charge in [0.15, 0.2) is 0 Å². The quantitative estimate of drug-likeness (QED) is 0.560. The Morgan fingerprint density at radius 1 is 1.24 bits per heavy atom. The number of nitrogens with zero attached hydrogens (tertiary/aromatic N) is 1. The van der Waals surface area contributed by atoms with E-state index in [9.17, 15) is 4.79 Å². The second kappa shape index (κ2) is 8.48. The molecule has 0 aromatic rings. The van der Waals surface area contributed by atoms with Crippen LogP contribution in [0.25, 0.3) is 0 Å². The lowest BCUT2D eigenvalue weighted by Gasteiger charge is -2.17. The Balaban J connectivity index is 1.88. The second-order valence-corrected chi connectivity index (χ2v) is 4.71. The summed E-state index contributed by atoms with van der Waals surface area (Å²) in [5.41, 5.74) is 0. The zero-order valence-electron chi connectivity index (χ0n) is 11.3. The third-order valence-corrected chi connectivity index (χ3v) is 3.23. The Morgan fingerprint density at radius 2 is 1.94 bits per heavy atom. The van der Waals surface area contributed by atoms with Crippen LogP contribution in [0.2, 0.25) is 0 Å².